The number of hydrogen-bond donors (Lipinski definition) is 3. The van der Waals surface area contributed by atoms with Crippen molar-refractivity contribution in [1.29, 1.82) is 0 Å². The summed E-state index contributed by atoms with van der Waals surface area (Å²) >= 11 is 5.72. The first kappa shape index (κ1) is 14.0. The monoisotopic (exact) mass is 292 g/mol. The second kappa shape index (κ2) is 5.71. The van der Waals surface area contributed by atoms with Crippen LogP contribution < -0.4 is 15.8 Å². The number of carbonyl (C=O) groups is 1. The van der Waals surface area contributed by atoms with Crippen LogP contribution in [0.3, 0.4) is 0 Å². The quantitative estimate of drug-likeness (QED) is 0.759. The predicted molar refractivity (Wildman–Crippen MR) is 78.5 cm³/mol. The average Bonchev–Trinajstić information content (AvgIpc) is 2.38. The first-order valence-electron chi connectivity index (χ1n) is 5.74. The molecule has 4 N–H and O–H groups in total. The first-order chi connectivity index (χ1) is 9.51. The molecule has 2 aromatic carbocycles. The van der Waals surface area contributed by atoms with Crippen molar-refractivity contribution in [2.45, 2.75) is 0 Å². The van der Waals surface area contributed by atoms with Gasteiger partial charge < -0.3 is 20.9 Å². The van der Waals surface area contributed by atoms with Crippen molar-refractivity contribution in [1.82, 2.24) is 0 Å². The van der Waals surface area contributed by atoms with Crippen molar-refractivity contribution in [2.75, 3.05) is 18.2 Å². The van der Waals surface area contributed by atoms with Crippen molar-refractivity contribution in [3.63, 3.8) is 0 Å². The smallest absolute Gasteiger partial charge is 0.259 e. The molecule has 0 aromatic heterocycles. The number of benzene rings is 2. The maximum atomic E-state index is 12.1. The van der Waals surface area contributed by atoms with Crippen LogP contribution in [0.15, 0.2) is 36.4 Å². The highest BCUT2D eigenvalue weighted by molar-refractivity contribution is 6.31. The van der Waals surface area contributed by atoms with Crippen molar-refractivity contribution in [3.8, 4) is 11.5 Å². The minimum atomic E-state index is -0.483. The van der Waals surface area contributed by atoms with Gasteiger partial charge in [0.05, 0.1) is 18.4 Å². The SMILES string of the molecule is COc1ccc(N)cc1NC(=O)c1ccc(Cl)cc1O. The summed E-state index contributed by atoms with van der Waals surface area (Å²) in [5.41, 5.74) is 6.69. The van der Waals surface area contributed by atoms with Gasteiger partial charge in [-0.3, -0.25) is 4.79 Å². The zero-order chi connectivity index (χ0) is 14.7. The number of phenols is 1. The molecule has 0 unspecified atom stereocenters. The van der Waals surface area contributed by atoms with Gasteiger partial charge >= 0.3 is 0 Å². The summed E-state index contributed by atoms with van der Waals surface area (Å²) in [4.78, 5) is 12.1. The summed E-state index contributed by atoms with van der Waals surface area (Å²) in [6, 6.07) is 9.14. The summed E-state index contributed by atoms with van der Waals surface area (Å²) in [6.45, 7) is 0. The number of ether oxygens (including phenoxy) is 1. The fourth-order valence-corrected chi connectivity index (χ4v) is 1.88. The van der Waals surface area contributed by atoms with Crippen molar-refractivity contribution in [3.05, 3.63) is 47.0 Å². The summed E-state index contributed by atoms with van der Waals surface area (Å²) in [7, 11) is 1.49. The number of nitrogens with one attached hydrogen (secondary N) is 1. The lowest BCUT2D eigenvalue weighted by Gasteiger charge is -2.11. The van der Waals surface area contributed by atoms with Gasteiger partial charge in [-0.1, -0.05) is 11.6 Å². The molecular formula is C14H13ClN2O3. The van der Waals surface area contributed by atoms with Gasteiger partial charge in [-0.05, 0) is 36.4 Å². The van der Waals surface area contributed by atoms with E-state index in [1.54, 1.807) is 18.2 Å². The standard InChI is InChI=1S/C14H13ClN2O3/c1-20-13-5-3-9(16)7-11(13)17-14(19)10-4-2-8(15)6-12(10)18/h2-7,18H,16H2,1H3,(H,17,19). The molecule has 0 heterocycles. The largest absolute Gasteiger partial charge is 0.507 e. The van der Waals surface area contributed by atoms with Gasteiger partial charge in [0.2, 0.25) is 0 Å². The van der Waals surface area contributed by atoms with E-state index in [-0.39, 0.29) is 11.3 Å². The van der Waals surface area contributed by atoms with Crippen LogP contribution in [0.1, 0.15) is 10.4 Å². The van der Waals surface area contributed by atoms with Gasteiger partial charge in [-0.2, -0.15) is 0 Å². The average molecular weight is 293 g/mol. The Morgan fingerprint density at radius 2 is 2.05 bits per heavy atom. The minimum absolute atomic E-state index is 0.110. The van der Waals surface area contributed by atoms with Crippen LogP contribution in [0.25, 0.3) is 0 Å². The molecule has 5 nitrogen and oxygen atoms in total. The Kier molecular flexibility index (Phi) is 4.00. The maximum Gasteiger partial charge on any atom is 0.259 e. The van der Waals surface area contributed by atoms with Gasteiger partial charge in [0.25, 0.3) is 5.91 Å². The molecule has 104 valence electrons. The highest BCUT2D eigenvalue weighted by Gasteiger charge is 2.14. The molecule has 0 bridgehead atoms. The number of nitrogens with two attached hydrogens (primary N) is 1. The number of aromatic hydroxyl groups is 1. The summed E-state index contributed by atoms with van der Waals surface area (Å²) in [6.07, 6.45) is 0. The zero-order valence-corrected chi connectivity index (χ0v) is 11.4. The second-order valence-corrected chi connectivity index (χ2v) is 4.51. The molecule has 6 heteroatoms. The predicted octanol–water partition coefficient (Wildman–Crippen LogP) is 2.89. The molecule has 0 aliphatic rings. The molecule has 2 aromatic rings. The van der Waals surface area contributed by atoms with Crippen LogP contribution >= 0.6 is 11.6 Å². The molecule has 0 aliphatic heterocycles. The highest BCUT2D eigenvalue weighted by atomic mass is 35.5. The third-order valence-corrected chi connectivity index (χ3v) is 2.91. The number of methoxy groups -OCH3 is 1. The highest BCUT2D eigenvalue weighted by Crippen LogP contribution is 2.28. The van der Waals surface area contributed by atoms with E-state index in [0.717, 1.165) is 0 Å². The Morgan fingerprint density at radius 3 is 2.70 bits per heavy atom. The summed E-state index contributed by atoms with van der Waals surface area (Å²) < 4.78 is 5.13. The lowest BCUT2D eigenvalue weighted by molar-refractivity contribution is 0.102. The molecular weight excluding hydrogens is 280 g/mol. The number of hydrogen-bond acceptors (Lipinski definition) is 4. The van der Waals surface area contributed by atoms with Crippen molar-refractivity contribution < 1.29 is 14.6 Å². The van der Waals surface area contributed by atoms with Gasteiger partial charge in [0, 0.05) is 10.7 Å². The van der Waals surface area contributed by atoms with Crippen LogP contribution in [-0.4, -0.2) is 18.1 Å². The number of amides is 1. The van der Waals surface area contributed by atoms with E-state index in [1.807, 2.05) is 0 Å². The Balaban J connectivity index is 2.30. The normalized spacial score (nSPS) is 10.1. The van der Waals surface area contributed by atoms with Crippen LogP contribution in [0, 0.1) is 0 Å². The van der Waals surface area contributed by atoms with E-state index in [9.17, 15) is 9.90 Å². The first-order valence-corrected chi connectivity index (χ1v) is 6.12. The van der Waals surface area contributed by atoms with Crippen LogP contribution in [-0.2, 0) is 0 Å². The minimum Gasteiger partial charge on any atom is -0.507 e. The molecule has 0 atom stereocenters. The van der Waals surface area contributed by atoms with E-state index < -0.39 is 5.91 Å². The molecule has 0 spiro atoms. The summed E-state index contributed by atoms with van der Waals surface area (Å²) in [5.74, 6) is -0.207. The molecule has 0 saturated carbocycles. The summed E-state index contributed by atoms with van der Waals surface area (Å²) in [5, 5.41) is 12.7. The van der Waals surface area contributed by atoms with Crippen molar-refractivity contribution >= 4 is 28.9 Å². The fraction of sp³-hybridized carbons (Fsp3) is 0.0714. The van der Waals surface area contributed by atoms with Gasteiger partial charge in [0.15, 0.2) is 0 Å². The molecule has 1 amide bonds. The molecule has 0 saturated heterocycles. The van der Waals surface area contributed by atoms with Gasteiger partial charge in [-0.15, -0.1) is 0 Å². The van der Waals surface area contributed by atoms with Gasteiger partial charge in [-0.25, -0.2) is 0 Å². The molecule has 0 aliphatic carbocycles. The fourth-order valence-electron chi connectivity index (χ4n) is 1.71. The number of halogens is 1. The number of carbonyl (C=O) groups excluding carboxylic acids is 1. The topological polar surface area (TPSA) is 84.6 Å². The third-order valence-electron chi connectivity index (χ3n) is 2.68. The number of phenolic OH excluding ortho intramolecular Hbond substituents is 1. The molecule has 20 heavy (non-hydrogen) atoms. The Bertz CT molecular complexity index is 659. The van der Waals surface area contributed by atoms with Gasteiger partial charge in [0.1, 0.15) is 11.5 Å². The Labute approximate surface area is 120 Å². The number of rotatable bonds is 3. The lowest BCUT2D eigenvalue weighted by Crippen LogP contribution is -2.13. The van der Waals surface area contributed by atoms with E-state index in [0.29, 0.717) is 22.1 Å². The van der Waals surface area contributed by atoms with E-state index >= 15 is 0 Å². The zero-order valence-electron chi connectivity index (χ0n) is 10.7. The number of anilines is 2. The Hall–Kier alpha value is -2.40. The van der Waals surface area contributed by atoms with Crippen molar-refractivity contribution in [2.24, 2.45) is 0 Å². The van der Waals surface area contributed by atoms with Crippen LogP contribution in [0.2, 0.25) is 5.02 Å². The third kappa shape index (κ3) is 2.95. The second-order valence-electron chi connectivity index (χ2n) is 4.08. The number of nitrogen functional groups attached to an aromatic ring is 1. The molecule has 0 fully saturated rings. The Morgan fingerprint density at radius 1 is 1.30 bits per heavy atom. The maximum absolute atomic E-state index is 12.1. The van der Waals surface area contributed by atoms with Crippen LogP contribution in [0.5, 0.6) is 11.5 Å². The van der Waals surface area contributed by atoms with E-state index in [2.05, 4.69) is 5.32 Å². The molecule has 0 radical (unpaired) electrons. The van der Waals surface area contributed by atoms with E-state index in [4.69, 9.17) is 22.1 Å². The lowest BCUT2D eigenvalue weighted by atomic mass is 10.1. The molecule has 2 rings (SSSR count). The van der Waals surface area contributed by atoms with Crippen LogP contribution in [0.4, 0.5) is 11.4 Å². The van der Waals surface area contributed by atoms with E-state index in [1.165, 1.54) is 25.3 Å².